The first-order chi connectivity index (χ1) is 4.91. The van der Waals surface area contributed by atoms with Gasteiger partial charge in [-0.15, -0.1) is 0 Å². The Morgan fingerprint density at radius 2 is 1.90 bits per heavy atom. The zero-order valence-corrected chi connectivity index (χ0v) is 6.46. The third-order valence-electron chi connectivity index (χ3n) is 1.01. The maximum Gasteiger partial charge on any atom is 0.0106 e. The molecule has 2 N–H and O–H groups in total. The van der Waals surface area contributed by atoms with Gasteiger partial charge in [0.1, 0.15) is 0 Å². The minimum Gasteiger partial charge on any atom is -0.327 e. The number of hydrogen-bond donors (Lipinski definition) is 1. The maximum atomic E-state index is 5.24. The number of nitrogens with two attached hydrogens (primary N) is 1. The minimum atomic E-state index is 0.636. The quantitative estimate of drug-likeness (QED) is 0.465. The molecule has 0 saturated heterocycles. The van der Waals surface area contributed by atoms with E-state index in [1.165, 1.54) is 0 Å². The summed E-state index contributed by atoms with van der Waals surface area (Å²) >= 11 is 0. The summed E-state index contributed by atoms with van der Waals surface area (Å²) in [5, 5.41) is 0. The zero-order valence-electron chi connectivity index (χ0n) is 6.46. The van der Waals surface area contributed by atoms with E-state index in [9.17, 15) is 0 Å². The third kappa shape index (κ3) is 7.18. The molecule has 10 heavy (non-hydrogen) atoms. The van der Waals surface area contributed by atoms with Gasteiger partial charge in [-0.25, -0.2) is 0 Å². The van der Waals surface area contributed by atoms with Gasteiger partial charge in [-0.05, 0) is 13.3 Å². The molecule has 0 bridgehead atoms. The molecule has 0 atom stereocenters. The van der Waals surface area contributed by atoms with Gasteiger partial charge in [0.25, 0.3) is 0 Å². The molecule has 0 aromatic carbocycles. The highest BCUT2D eigenvalue weighted by Gasteiger charge is 1.67. The van der Waals surface area contributed by atoms with E-state index in [0.717, 1.165) is 6.42 Å². The second-order valence-corrected chi connectivity index (χ2v) is 1.90. The molecule has 0 radical (unpaired) electrons. The van der Waals surface area contributed by atoms with Crippen molar-refractivity contribution in [2.45, 2.75) is 13.3 Å². The third-order valence-corrected chi connectivity index (χ3v) is 1.01. The van der Waals surface area contributed by atoms with E-state index in [1.54, 1.807) is 0 Å². The molecule has 0 saturated carbocycles. The van der Waals surface area contributed by atoms with Crippen LogP contribution in [0.25, 0.3) is 0 Å². The summed E-state index contributed by atoms with van der Waals surface area (Å²) < 4.78 is 0. The zero-order chi connectivity index (χ0) is 7.66. The van der Waals surface area contributed by atoms with Crippen LogP contribution in [0.2, 0.25) is 0 Å². The van der Waals surface area contributed by atoms with Crippen LogP contribution in [0.3, 0.4) is 0 Å². The van der Waals surface area contributed by atoms with E-state index in [0.29, 0.717) is 6.54 Å². The Morgan fingerprint density at radius 1 is 1.10 bits per heavy atom. The van der Waals surface area contributed by atoms with Gasteiger partial charge in [0, 0.05) is 6.54 Å². The molecule has 0 fully saturated rings. The largest absolute Gasteiger partial charge is 0.327 e. The first-order valence-electron chi connectivity index (χ1n) is 3.54. The van der Waals surface area contributed by atoms with Crippen molar-refractivity contribution >= 4 is 0 Å². The monoisotopic (exact) mass is 137 g/mol. The molecule has 0 rings (SSSR count). The van der Waals surface area contributed by atoms with E-state index in [4.69, 9.17) is 5.73 Å². The molecule has 56 valence electrons. The van der Waals surface area contributed by atoms with Crippen LogP contribution in [0, 0.1) is 0 Å². The SMILES string of the molecule is C/C=C\C=C/C/C=C\CN. The molecular formula is C9H15N. The van der Waals surface area contributed by atoms with E-state index in [-0.39, 0.29) is 0 Å². The van der Waals surface area contributed by atoms with Gasteiger partial charge < -0.3 is 5.73 Å². The van der Waals surface area contributed by atoms with Crippen molar-refractivity contribution in [1.82, 2.24) is 0 Å². The van der Waals surface area contributed by atoms with Crippen molar-refractivity contribution in [2.24, 2.45) is 5.73 Å². The molecule has 0 aromatic rings. The molecule has 0 heterocycles. The highest BCUT2D eigenvalue weighted by molar-refractivity contribution is 5.03. The average molecular weight is 137 g/mol. The van der Waals surface area contributed by atoms with Crippen molar-refractivity contribution in [3.8, 4) is 0 Å². The fourth-order valence-corrected chi connectivity index (χ4v) is 0.539. The molecule has 0 aromatic heterocycles. The van der Waals surface area contributed by atoms with Gasteiger partial charge in [-0.3, -0.25) is 0 Å². The Morgan fingerprint density at radius 3 is 2.50 bits per heavy atom. The predicted molar refractivity (Wildman–Crippen MR) is 46.8 cm³/mol. The van der Waals surface area contributed by atoms with Gasteiger partial charge in [-0.2, -0.15) is 0 Å². The van der Waals surface area contributed by atoms with Crippen molar-refractivity contribution in [2.75, 3.05) is 6.54 Å². The summed E-state index contributed by atoms with van der Waals surface area (Å²) in [5.74, 6) is 0. The number of hydrogen-bond acceptors (Lipinski definition) is 1. The Hall–Kier alpha value is -0.820. The highest BCUT2D eigenvalue weighted by Crippen LogP contribution is 1.85. The molecule has 0 aliphatic carbocycles. The Labute approximate surface area is 62.9 Å². The summed E-state index contributed by atoms with van der Waals surface area (Å²) in [7, 11) is 0. The van der Waals surface area contributed by atoms with Crippen LogP contribution in [0.1, 0.15) is 13.3 Å². The lowest BCUT2D eigenvalue weighted by molar-refractivity contribution is 1.23. The predicted octanol–water partition coefficient (Wildman–Crippen LogP) is 2.02. The molecule has 0 aliphatic heterocycles. The minimum absolute atomic E-state index is 0.636. The van der Waals surface area contributed by atoms with Gasteiger partial charge in [-0.1, -0.05) is 36.5 Å². The topological polar surface area (TPSA) is 26.0 Å². The van der Waals surface area contributed by atoms with Crippen molar-refractivity contribution in [3.05, 3.63) is 36.5 Å². The van der Waals surface area contributed by atoms with Gasteiger partial charge in [0.2, 0.25) is 0 Å². The van der Waals surface area contributed by atoms with Crippen molar-refractivity contribution < 1.29 is 0 Å². The second kappa shape index (κ2) is 8.18. The Bertz CT molecular complexity index is 132. The highest BCUT2D eigenvalue weighted by atomic mass is 14.5. The smallest absolute Gasteiger partial charge is 0.0106 e. The van der Waals surface area contributed by atoms with E-state index >= 15 is 0 Å². The summed E-state index contributed by atoms with van der Waals surface area (Å²) in [6.45, 7) is 2.64. The molecule has 0 spiro atoms. The second-order valence-electron chi connectivity index (χ2n) is 1.90. The van der Waals surface area contributed by atoms with Crippen LogP contribution in [-0.2, 0) is 0 Å². The van der Waals surface area contributed by atoms with E-state index in [2.05, 4.69) is 12.2 Å². The first kappa shape index (κ1) is 9.18. The fraction of sp³-hybridized carbons (Fsp3) is 0.333. The van der Waals surface area contributed by atoms with Gasteiger partial charge >= 0.3 is 0 Å². The fourth-order valence-electron chi connectivity index (χ4n) is 0.539. The normalized spacial score (nSPS) is 12.6. The standard InChI is InChI=1S/C9H15N/c1-2-3-4-5-6-7-8-9-10/h2-5,7-8H,6,9-10H2,1H3/b3-2-,5-4-,8-7-. The van der Waals surface area contributed by atoms with Crippen LogP contribution in [-0.4, -0.2) is 6.54 Å². The number of rotatable bonds is 4. The number of allylic oxidation sites excluding steroid dienone is 5. The lowest BCUT2D eigenvalue weighted by Gasteiger charge is -1.79. The van der Waals surface area contributed by atoms with E-state index < -0.39 is 0 Å². The average Bonchev–Trinajstić information content (AvgIpc) is 1.97. The summed E-state index contributed by atoms with van der Waals surface area (Å²) in [6, 6.07) is 0. The molecule has 1 nitrogen and oxygen atoms in total. The lowest BCUT2D eigenvalue weighted by atomic mass is 10.3. The first-order valence-corrected chi connectivity index (χ1v) is 3.54. The summed E-state index contributed by atoms with van der Waals surface area (Å²) in [4.78, 5) is 0. The van der Waals surface area contributed by atoms with Crippen molar-refractivity contribution in [1.29, 1.82) is 0 Å². The lowest BCUT2D eigenvalue weighted by Crippen LogP contribution is -1.91. The van der Waals surface area contributed by atoms with Crippen LogP contribution >= 0.6 is 0 Å². The molecule has 0 amide bonds. The molecule has 0 aliphatic rings. The van der Waals surface area contributed by atoms with E-state index in [1.807, 2.05) is 31.2 Å². The molecule has 0 unspecified atom stereocenters. The van der Waals surface area contributed by atoms with Crippen LogP contribution in [0.15, 0.2) is 36.5 Å². The molecular weight excluding hydrogens is 122 g/mol. The van der Waals surface area contributed by atoms with Crippen LogP contribution in [0.5, 0.6) is 0 Å². The van der Waals surface area contributed by atoms with Gasteiger partial charge in [0.05, 0.1) is 0 Å². The van der Waals surface area contributed by atoms with Crippen LogP contribution < -0.4 is 5.73 Å². The Balaban J connectivity index is 3.26. The summed E-state index contributed by atoms with van der Waals surface area (Å²) in [5.41, 5.74) is 5.24. The van der Waals surface area contributed by atoms with Crippen LogP contribution in [0.4, 0.5) is 0 Å². The van der Waals surface area contributed by atoms with Crippen molar-refractivity contribution in [3.63, 3.8) is 0 Å². The maximum absolute atomic E-state index is 5.24. The Kier molecular flexibility index (Phi) is 7.51. The summed E-state index contributed by atoms with van der Waals surface area (Å²) in [6.07, 6.45) is 13.1. The van der Waals surface area contributed by atoms with Gasteiger partial charge in [0.15, 0.2) is 0 Å². The molecule has 1 heteroatoms.